The molecule has 92 valence electrons. The van der Waals surface area contributed by atoms with Crippen LogP contribution in [0.3, 0.4) is 0 Å². The lowest BCUT2D eigenvalue weighted by Gasteiger charge is -2.20. The summed E-state index contributed by atoms with van der Waals surface area (Å²) in [6.45, 7) is 4.94. The average molecular weight is 224 g/mol. The van der Waals surface area contributed by atoms with Crippen molar-refractivity contribution < 1.29 is 4.79 Å². The Labute approximate surface area is 98.5 Å². The lowest BCUT2D eigenvalue weighted by molar-refractivity contribution is -0.122. The second-order valence-corrected chi connectivity index (χ2v) is 5.13. The Bertz CT molecular complexity index is 248. The maximum atomic E-state index is 11.7. The average Bonchev–Trinajstić information content (AvgIpc) is 2.26. The fraction of sp³-hybridized carbons (Fsp3) is 0.769. The first-order valence-corrected chi connectivity index (χ1v) is 6.28. The first kappa shape index (κ1) is 13.2. The summed E-state index contributed by atoms with van der Waals surface area (Å²) < 4.78 is 0. The van der Waals surface area contributed by atoms with Crippen LogP contribution in [0.4, 0.5) is 0 Å². The quantitative estimate of drug-likeness (QED) is 0.700. The molecule has 0 aromatic rings. The summed E-state index contributed by atoms with van der Waals surface area (Å²) in [4.78, 5) is 11.7. The smallest absolute Gasteiger partial charge is 0.236 e. The first-order valence-electron chi connectivity index (χ1n) is 6.28. The van der Waals surface area contributed by atoms with Crippen molar-refractivity contribution >= 4 is 5.91 Å². The minimum atomic E-state index is -0.348. The van der Waals surface area contributed by atoms with Crippen molar-refractivity contribution in [2.24, 2.45) is 17.6 Å². The molecule has 0 saturated heterocycles. The molecule has 0 bridgehead atoms. The molecule has 1 amide bonds. The van der Waals surface area contributed by atoms with Gasteiger partial charge in [0.1, 0.15) is 0 Å². The Morgan fingerprint density at radius 1 is 1.50 bits per heavy atom. The van der Waals surface area contributed by atoms with Gasteiger partial charge >= 0.3 is 0 Å². The van der Waals surface area contributed by atoms with Crippen LogP contribution in [0.5, 0.6) is 0 Å². The van der Waals surface area contributed by atoms with Gasteiger partial charge in [0.05, 0.1) is 6.04 Å². The predicted octanol–water partition coefficient (Wildman–Crippen LogP) is 1.83. The van der Waals surface area contributed by atoms with Gasteiger partial charge in [-0.1, -0.05) is 26.0 Å². The van der Waals surface area contributed by atoms with Crippen molar-refractivity contribution in [3.63, 3.8) is 0 Å². The van der Waals surface area contributed by atoms with Gasteiger partial charge in [-0.3, -0.25) is 4.79 Å². The third-order valence-electron chi connectivity index (χ3n) is 3.00. The molecule has 0 aliphatic heterocycles. The normalized spacial score (nSPS) is 22.1. The molecule has 3 nitrogen and oxygen atoms in total. The monoisotopic (exact) mass is 224 g/mol. The summed E-state index contributed by atoms with van der Waals surface area (Å²) in [6, 6.07) is -0.348. The molecule has 1 aliphatic carbocycles. The van der Waals surface area contributed by atoms with E-state index < -0.39 is 0 Å². The van der Waals surface area contributed by atoms with E-state index in [9.17, 15) is 4.79 Å². The third kappa shape index (κ3) is 4.79. The highest BCUT2D eigenvalue weighted by Crippen LogP contribution is 2.16. The van der Waals surface area contributed by atoms with Crippen LogP contribution in [-0.4, -0.2) is 18.5 Å². The summed E-state index contributed by atoms with van der Waals surface area (Å²) in [7, 11) is 0. The van der Waals surface area contributed by atoms with Crippen molar-refractivity contribution in [1.82, 2.24) is 5.32 Å². The van der Waals surface area contributed by atoms with E-state index in [1.165, 1.54) is 6.42 Å². The molecule has 1 unspecified atom stereocenters. The third-order valence-corrected chi connectivity index (χ3v) is 3.00. The number of hydrogen-bond acceptors (Lipinski definition) is 2. The Morgan fingerprint density at radius 2 is 2.25 bits per heavy atom. The minimum Gasteiger partial charge on any atom is -0.354 e. The Balaban J connectivity index is 2.21. The number of hydrogen-bond donors (Lipinski definition) is 2. The molecule has 0 heterocycles. The van der Waals surface area contributed by atoms with Gasteiger partial charge in [-0.05, 0) is 37.5 Å². The fourth-order valence-electron chi connectivity index (χ4n) is 2.03. The van der Waals surface area contributed by atoms with Gasteiger partial charge < -0.3 is 11.1 Å². The van der Waals surface area contributed by atoms with Crippen LogP contribution >= 0.6 is 0 Å². The first-order chi connectivity index (χ1) is 7.59. The topological polar surface area (TPSA) is 55.1 Å². The van der Waals surface area contributed by atoms with Crippen molar-refractivity contribution in [2.45, 2.75) is 45.6 Å². The second kappa shape index (κ2) is 6.69. The highest BCUT2D eigenvalue weighted by Gasteiger charge is 2.16. The lowest BCUT2D eigenvalue weighted by atomic mass is 9.94. The van der Waals surface area contributed by atoms with E-state index >= 15 is 0 Å². The van der Waals surface area contributed by atoms with Gasteiger partial charge in [-0.15, -0.1) is 0 Å². The van der Waals surface area contributed by atoms with E-state index in [1.807, 2.05) is 0 Å². The molecule has 0 fully saturated rings. The van der Waals surface area contributed by atoms with E-state index in [1.54, 1.807) is 0 Å². The minimum absolute atomic E-state index is 0.00301. The van der Waals surface area contributed by atoms with E-state index in [0.29, 0.717) is 11.8 Å². The molecule has 0 spiro atoms. The molecule has 2 atom stereocenters. The lowest BCUT2D eigenvalue weighted by Crippen LogP contribution is -2.43. The zero-order valence-corrected chi connectivity index (χ0v) is 10.4. The maximum Gasteiger partial charge on any atom is 0.236 e. The maximum absolute atomic E-state index is 11.7. The fourth-order valence-corrected chi connectivity index (χ4v) is 2.03. The van der Waals surface area contributed by atoms with Gasteiger partial charge in [0.2, 0.25) is 5.91 Å². The number of nitrogens with one attached hydrogen (secondary N) is 1. The summed E-state index contributed by atoms with van der Waals surface area (Å²) in [5, 5.41) is 2.96. The van der Waals surface area contributed by atoms with Crippen LogP contribution in [0.15, 0.2) is 12.2 Å². The van der Waals surface area contributed by atoms with Gasteiger partial charge in [0.25, 0.3) is 0 Å². The van der Waals surface area contributed by atoms with E-state index in [0.717, 1.165) is 25.8 Å². The van der Waals surface area contributed by atoms with Gasteiger partial charge in [-0.2, -0.15) is 0 Å². The van der Waals surface area contributed by atoms with Gasteiger partial charge in [-0.25, -0.2) is 0 Å². The van der Waals surface area contributed by atoms with Crippen molar-refractivity contribution in [3.05, 3.63) is 12.2 Å². The zero-order chi connectivity index (χ0) is 12.0. The van der Waals surface area contributed by atoms with Gasteiger partial charge in [0.15, 0.2) is 0 Å². The van der Waals surface area contributed by atoms with Crippen molar-refractivity contribution in [1.29, 1.82) is 0 Å². The van der Waals surface area contributed by atoms with Crippen LogP contribution in [0.1, 0.15) is 39.5 Å². The molecule has 1 rings (SSSR count). The molecular weight excluding hydrogens is 200 g/mol. The molecule has 3 heteroatoms. The highest BCUT2D eigenvalue weighted by atomic mass is 16.2. The highest BCUT2D eigenvalue weighted by molar-refractivity contribution is 5.81. The predicted molar refractivity (Wildman–Crippen MR) is 66.9 cm³/mol. The summed E-state index contributed by atoms with van der Waals surface area (Å²) in [5.41, 5.74) is 5.81. The standard InChI is InChI=1S/C13H24N2O/c1-10(2)8-12(14)13(16)15-9-11-6-4-3-5-7-11/h3-4,10-12H,5-9,14H2,1-2H3,(H,15,16)/t11?,12-/m1/s1. The number of nitrogens with two attached hydrogens (primary N) is 1. The molecular formula is C13H24N2O. The van der Waals surface area contributed by atoms with Crippen LogP contribution in [-0.2, 0) is 4.79 Å². The van der Waals surface area contributed by atoms with Crippen LogP contribution < -0.4 is 11.1 Å². The van der Waals surface area contributed by atoms with E-state index in [-0.39, 0.29) is 11.9 Å². The molecule has 1 aliphatic rings. The number of rotatable bonds is 5. The van der Waals surface area contributed by atoms with Crippen LogP contribution in [0, 0.1) is 11.8 Å². The van der Waals surface area contributed by atoms with E-state index in [4.69, 9.17) is 5.73 Å². The van der Waals surface area contributed by atoms with Crippen molar-refractivity contribution in [3.8, 4) is 0 Å². The largest absolute Gasteiger partial charge is 0.354 e. The molecule has 0 aromatic carbocycles. The zero-order valence-electron chi connectivity index (χ0n) is 10.4. The summed E-state index contributed by atoms with van der Waals surface area (Å²) >= 11 is 0. The van der Waals surface area contributed by atoms with Crippen molar-refractivity contribution in [2.75, 3.05) is 6.54 Å². The number of carbonyl (C=O) groups is 1. The molecule has 3 N–H and O–H groups in total. The van der Waals surface area contributed by atoms with Crippen LogP contribution in [0.25, 0.3) is 0 Å². The Kier molecular flexibility index (Phi) is 5.53. The number of carbonyl (C=O) groups excluding carboxylic acids is 1. The molecule has 16 heavy (non-hydrogen) atoms. The SMILES string of the molecule is CC(C)C[C@@H](N)C(=O)NCC1CC=CCC1. The second-order valence-electron chi connectivity index (χ2n) is 5.13. The number of allylic oxidation sites excluding steroid dienone is 2. The molecule has 0 radical (unpaired) electrons. The number of amides is 1. The van der Waals surface area contributed by atoms with E-state index in [2.05, 4.69) is 31.3 Å². The Hall–Kier alpha value is -0.830. The summed E-state index contributed by atoms with van der Waals surface area (Å²) in [5.74, 6) is 1.07. The van der Waals surface area contributed by atoms with Gasteiger partial charge in [0, 0.05) is 6.54 Å². The summed E-state index contributed by atoms with van der Waals surface area (Å²) in [6.07, 6.45) is 8.57. The Morgan fingerprint density at radius 3 is 2.81 bits per heavy atom. The van der Waals surface area contributed by atoms with Crippen LogP contribution in [0.2, 0.25) is 0 Å². The molecule has 0 aromatic heterocycles. The molecule has 0 saturated carbocycles.